The van der Waals surface area contributed by atoms with Gasteiger partial charge in [0.05, 0.1) is 27.9 Å². The Morgan fingerprint density at radius 2 is 1.96 bits per heavy atom. The topological polar surface area (TPSA) is 66.5 Å². The Kier molecular flexibility index (Phi) is 5.83. The SMILES string of the molecule is CCCCNC(=O)c1ccc2c(c1)N(Cc1ccccc1)C(=O)C[S@@]2=O. The lowest BCUT2D eigenvalue weighted by atomic mass is 10.1. The quantitative estimate of drug-likeness (QED) is 0.795. The van der Waals surface area contributed by atoms with E-state index in [0.717, 1.165) is 18.4 Å². The van der Waals surface area contributed by atoms with Crippen LogP contribution in [-0.2, 0) is 22.1 Å². The number of carbonyl (C=O) groups excluding carboxylic acids is 2. The van der Waals surface area contributed by atoms with E-state index in [2.05, 4.69) is 12.2 Å². The van der Waals surface area contributed by atoms with Gasteiger partial charge >= 0.3 is 0 Å². The maximum absolute atomic E-state index is 12.5. The van der Waals surface area contributed by atoms with Gasteiger partial charge in [-0.15, -0.1) is 0 Å². The molecule has 5 nitrogen and oxygen atoms in total. The van der Waals surface area contributed by atoms with Gasteiger partial charge in [-0.3, -0.25) is 13.8 Å². The Balaban J connectivity index is 1.90. The van der Waals surface area contributed by atoms with E-state index in [-0.39, 0.29) is 17.6 Å². The van der Waals surface area contributed by atoms with Crippen molar-refractivity contribution in [1.82, 2.24) is 5.32 Å². The molecule has 2 amide bonds. The van der Waals surface area contributed by atoms with E-state index in [1.165, 1.54) is 0 Å². The molecule has 0 fully saturated rings. The molecule has 1 heterocycles. The number of rotatable bonds is 6. The molecule has 0 unspecified atom stereocenters. The number of benzene rings is 2. The van der Waals surface area contributed by atoms with Gasteiger partial charge in [0.1, 0.15) is 5.75 Å². The van der Waals surface area contributed by atoms with Crippen LogP contribution < -0.4 is 10.2 Å². The normalized spacial score (nSPS) is 16.3. The molecule has 1 aliphatic heterocycles. The van der Waals surface area contributed by atoms with Crippen LogP contribution in [0.4, 0.5) is 5.69 Å². The zero-order valence-electron chi connectivity index (χ0n) is 14.7. The molecule has 0 aliphatic carbocycles. The second-order valence-electron chi connectivity index (χ2n) is 6.25. The van der Waals surface area contributed by atoms with Crippen LogP contribution in [0.2, 0.25) is 0 Å². The first-order chi connectivity index (χ1) is 12.6. The third kappa shape index (κ3) is 4.02. The Bertz CT molecular complexity index is 836. The van der Waals surface area contributed by atoms with E-state index in [9.17, 15) is 13.8 Å². The second-order valence-corrected chi connectivity index (χ2v) is 7.67. The zero-order valence-corrected chi connectivity index (χ0v) is 15.6. The number of nitrogens with zero attached hydrogens (tertiary/aromatic N) is 1. The smallest absolute Gasteiger partial charge is 0.251 e. The minimum atomic E-state index is -1.38. The largest absolute Gasteiger partial charge is 0.352 e. The molecule has 136 valence electrons. The number of unbranched alkanes of at least 4 members (excludes halogenated alkanes) is 1. The fourth-order valence-corrected chi connectivity index (χ4v) is 4.04. The summed E-state index contributed by atoms with van der Waals surface area (Å²) < 4.78 is 12.3. The Labute approximate surface area is 155 Å². The average Bonchev–Trinajstić information content (AvgIpc) is 2.65. The molecular formula is C20H22N2O3S. The summed E-state index contributed by atoms with van der Waals surface area (Å²) in [5.74, 6) is -0.394. The van der Waals surface area contributed by atoms with Crippen molar-refractivity contribution in [3.8, 4) is 0 Å². The van der Waals surface area contributed by atoms with Gasteiger partial charge in [0.25, 0.3) is 5.91 Å². The van der Waals surface area contributed by atoms with Gasteiger partial charge in [0.15, 0.2) is 0 Å². The fraction of sp³-hybridized carbons (Fsp3) is 0.300. The highest BCUT2D eigenvalue weighted by molar-refractivity contribution is 7.86. The Morgan fingerprint density at radius 1 is 1.19 bits per heavy atom. The van der Waals surface area contributed by atoms with Gasteiger partial charge in [-0.2, -0.15) is 0 Å². The van der Waals surface area contributed by atoms with Crippen molar-refractivity contribution in [2.75, 3.05) is 17.2 Å². The van der Waals surface area contributed by atoms with Crippen LogP contribution in [0.15, 0.2) is 53.4 Å². The van der Waals surface area contributed by atoms with Crippen LogP contribution in [0.5, 0.6) is 0 Å². The molecule has 0 saturated heterocycles. The minimum absolute atomic E-state index is 0.0259. The summed E-state index contributed by atoms with van der Waals surface area (Å²) in [4.78, 5) is 27.1. The summed E-state index contributed by atoms with van der Waals surface area (Å²) in [6.07, 6.45) is 1.92. The molecule has 1 N–H and O–H groups in total. The number of fused-ring (bicyclic) bond motifs is 1. The molecule has 2 aromatic rings. The third-order valence-electron chi connectivity index (χ3n) is 4.31. The van der Waals surface area contributed by atoms with E-state index in [1.807, 2.05) is 30.3 Å². The molecule has 0 saturated carbocycles. The maximum Gasteiger partial charge on any atom is 0.251 e. The Morgan fingerprint density at radius 3 is 2.69 bits per heavy atom. The van der Waals surface area contributed by atoms with Crippen LogP contribution in [0.1, 0.15) is 35.7 Å². The average molecular weight is 370 g/mol. The fourth-order valence-electron chi connectivity index (χ4n) is 2.88. The van der Waals surface area contributed by atoms with Gasteiger partial charge in [0.2, 0.25) is 5.91 Å². The number of amides is 2. The summed E-state index contributed by atoms with van der Waals surface area (Å²) in [5.41, 5.74) is 2.02. The van der Waals surface area contributed by atoms with Crippen molar-refractivity contribution in [2.24, 2.45) is 0 Å². The predicted octanol–water partition coefficient (Wildman–Crippen LogP) is 2.87. The summed E-state index contributed by atoms with van der Waals surface area (Å²) in [7, 11) is -1.38. The first-order valence-electron chi connectivity index (χ1n) is 8.75. The molecule has 0 spiro atoms. The standard InChI is InChI=1S/C20H22N2O3S/c1-2-3-11-21-20(24)16-9-10-18-17(12-16)22(19(23)14-26(18)25)13-15-7-5-4-6-8-15/h4-10,12H,2-3,11,13-14H2,1H3,(H,21,24)/t26-/m0/s1. The summed E-state index contributed by atoms with van der Waals surface area (Å²) in [6.45, 7) is 3.07. The van der Waals surface area contributed by atoms with Crippen LogP contribution >= 0.6 is 0 Å². The van der Waals surface area contributed by atoms with Crippen molar-refractivity contribution in [3.63, 3.8) is 0 Å². The molecule has 1 aliphatic rings. The van der Waals surface area contributed by atoms with Gasteiger partial charge in [0, 0.05) is 12.1 Å². The van der Waals surface area contributed by atoms with Crippen LogP contribution in [0.25, 0.3) is 0 Å². The highest BCUT2D eigenvalue weighted by atomic mass is 32.2. The monoisotopic (exact) mass is 370 g/mol. The lowest BCUT2D eigenvalue weighted by Gasteiger charge is -2.29. The summed E-state index contributed by atoms with van der Waals surface area (Å²) >= 11 is 0. The molecule has 0 aromatic heterocycles. The number of nitrogens with one attached hydrogen (secondary N) is 1. The van der Waals surface area contributed by atoms with Gasteiger partial charge in [-0.1, -0.05) is 43.7 Å². The van der Waals surface area contributed by atoms with Crippen LogP contribution in [-0.4, -0.2) is 28.3 Å². The molecule has 3 rings (SSSR count). The molecule has 0 radical (unpaired) electrons. The minimum Gasteiger partial charge on any atom is -0.352 e. The molecule has 1 atom stereocenters. The van der Waals surface area contributed by atoms with Crippen molar-refractivity contribution < 1.29 is 13.8 Å². The highest BCUT2D eigenvalue weighted by Crippen LogP contribution is 2.31. The number of hydrogen-bond donors (Lipinski definition) is 1. The van der Waals surface area contributed by atoms with E-state index in [0.29, 0.717) is 29.2 Å². The number of anilines is 1. The lowest BCUT2D eigenvalue weighted by Crippen LogP contribution is -2.38. The number of hydrogen-bond acceptors (Lipinski definition) is 3. The first-order valence-corrected chi connectivity index (χ1v) is 10.1. The molecule has 6 heteroatoms. The maximum atomic E-state index is 12.5. The summed E-state index contributed by atoms with van der Waals surface area (Å²) in [6, 6.07) is 14.7. The van der Waals surface area contributed by atoms with E-state index >= 15 is 0 Å². The van der Waals surface area contributed by atoms with E-state index in [4.69, 9.17) is 0 Å². The second kappa shape index (κ2) is 8.27. The van der Waals surface area contributed by atoms with E-state index < -0.39 is 10.8 Å². The van der Waals surface area contributed by atoms with Crippen molar-refractivity contribution in [1.29, 1.82) is 0 Å². The zero-order chi connectivity index (χ0) is 18.5. The van der Waals surface area contributed by atoms with Crippen LogP contribution in [0, 0.1) is 0 Å². The third-order valence-corrected chi connectivity index (χ3v) is 5.66. The molecule has 2 aromatic carbocycles. The number of carbonyl (C=O) groups is 2. The Hall–Kier alpha value is -2.47. The van der Waals surface area contributed by atoms with Gasteiger partial charge < -0.3 is 10.2 Å². The van der Waals surface area contributed by atoms with Gasteiger partial charge in [-0.05, 0) is 30.2 Å². The molecule has 26 heavy (non-hydrogen) atoms. The molecule has 0 bridgehead atoms. The summed E-state index contributed by atoms with van der Waals surface area (Å²) in [5, 5.41) is 2.88. The van der Waals surface area contributed by atoms with E-state index in [1.54, 1.807) is 23.1 Å². The van der Waals surface area contributed by atoms with Crippen molar-refractivity contribution in [3.05, 3.63) is 59.7 Å². The van der Waals surface area contributed by atoms with Crippen molar-refractivity contribution in [2.45, 2.75) is 31.2 Å². The van der Waals surface area contributed by atoms with Crippen molar-refractivity contribution >= 4 is 28.3 Å². The van der Waals surface area contributed by atoms with Crippen LogP contribution in [0.3, 0.4) is 0 Å². The highest BCUT2D eigenvalue weighted by Gasteiger charge is 2.30. The predicted molar refractivity (Wildman–Crippen MR) is 103 cm³/mol. The molecular weight excluding hydrogens is 348 g/mol. The van der Waals surface area contributed by atoms with Gasteiger partial charge in [-0.25, -0.2) is 0 Å². The lowest BCUT2D eigenvalue weighted by molar-refractivity contribution is -0.116. The first kappa shape index (κ1) is 18.3.